The first-order chi connectivity index (χ1) is 13.6. The normalized spacial score (nSPS) is 15.6. The van der Waals surface area contributed by atoms with E-state index in [9.17, 15) is 4.79 Å². The lowest BCUT2D eigenvalue weighted by Crippen LogP contribution is -2.32. The topological polar surface area (TPSA) is 59.4 Å². The molecule has 146 valence electrons. The number of nitrogens with one attached hydrogen (secondary N) is 1. The molecule has 1 fully saturated rings. The van der Waals surface area contributed by atoms with Crippen LogP contribution in [0.1, 0.15) is 24.0 Å². The largest absolute Gasteiger partial charge is 0.326 e. The molecule has 1 amide bonds. The van der Waals surface area contributed by atoms with Crippen LogP contribution in [-0.4, -0.2) is 48.4 Å². The molecular weight excluding hydrogens is 372 g/mol. The summed E-state index contributed by atoms with van der Waals surface area (Å²) >= 11 is 5.95. The van der Waals surface area contributed by atoms with Gasteiger partial charge in [0.2, 0.25) is 5.91 Å². The SMILES string of the molecule is N#Cc1ccc(CN2CCCN(CCC(=O)Nc3cccc(Cl)c3)CC2)cc1. The van der Waals surface area contributed by atoms with Gasteiger partial charge in [0, 0.05) is 43.3 Å². The van der Waals surface area contributed by atoms with Crippen molar-refractivity contribution in [1.82, 2.24) is 9.80 Å². The molecule has 6 heteroatoms. The zero-order chi connectivity index (χ0) is 19.8. The Labute approximate surface area is 171 Å². The Morgan fingerprint density at radius 2 is 1.82 bits per heavy atom. The molecular formula is C22H25ClN4O. The number of benzene rings is 2. The highest BCUT2D eigenvalue weighted by Crippen LogP contribution is 2.15. The van der Waals surface area contributed by atoms with Crippen molar-refractivity contribution in [3.63, 3.8) is 0 Å². The van der Waals surface area contributed by atoms with Gasteiger partial charge in [0.1, 0.15) is 0 Å². The van der Waals surface area contributed by atoms with Crippen molar-refractivity contribution in [2.75, 3.05) is 38.0 Å². The molecule has 0 spiro atoms. The van der Waals surface area contributed by atoms with E-state index in [1.54, 1.807) is 12.1 Å². The van der Waals surface area contributed by atoms with Gasteiger partial charge >= 0.3 is 0 Å². The molecule has 0 radical (unpaired) electrons. The Balaban J connectivity index is 1.42. The Morgan fingerprint density at radius 1 is 1.07 bits per heavy atom. The maximum Gasteiger partial charge on any atom is 0.225 e. The van der Waals surface area contributed by atoms with Gasteiger partial charge in [-0.1, -0.05) is 29.8 Å². The third kappa shape index (κ3) is 6.35. The minimum Gasteiger partial charge on any atom is -0.326 e. The number of nitrogens with zero attached hydrogens (tertiary/aromatic N) is 3. The third-order valence-corrected chi connectivity index (χ3v) is 5.17. The van der Waals surface area contributed by atoms with Gasteiger partial charge in [0.15, 0.2) is 0 Å². The Kier molecular flexibility index (Phi) is 7.44. The number of anilines is 1. The number of hydrogen-bond acceptors (Lipinski definition) is 4. The summed E-state index contributed by atoms with van der Waals surface area (Å²) in [6.07, 6.45) is 1.56. The highest BCUT2D eigenvalue weighted by Gasteiger charge is 2.16. The molecule has 0 bridgehead atoms. The minimum absolute atomic E-state index is 0.0148. The van der Waals surface area contributed by atoms with Gasteiger partial charge in [-0.05, 0) is 55.4 Å². The maximum absolute atomic E-state index is 12.2. The summed E-state index contributed by atoms with van der Waals surface area (Å²) in [5.41, 5.74) is 2.66. The first-order valence-electron chi connectivity index (χ1n) is 9.61. The minimum atomic E-state index is 0.0148. The van der Waals surface area contributed by atoms with Gasteiger partial charge in [-0.3, -0.25) is 9.69 Å². The Hall–Kier alpha value is -2.39. The summed E-state index contributed by atoms with van der Waals surface area (Å²) in [7, 11) is 0. The van der Waals surface area contributed by atoms with E-state index in [0.29, 0.717) is 17.0 Å². The van der Waals surface area contributed by atoms with E-state index in [1.807, 2.05) is 36.4 Å². The fourth-order valence-corrected chi connectivity index (χ4v) is 3.59. The van der Waals surface area contributed by atoms with Crippen LogP contribution in [0.15, 0.2) is 48.5 Å². The molecule has 5 nitrogen and oxygen atoms in total. The van der Waals surface area contributed by atoms with E-state index in [0.717, 1.165) is 51.4 Å². The molecule has 0 unspecified atom stereocenters. The molecule has 1 heterocycles. The lowest BCUT2D eigenvalue weighted by Gasteiger charge is -2.21. The van der Waals surface area contributed by atoms with Gasteiger partial charge in [-0.15, -0.1) is 0 Å². The van der Waals surface area contributed by atoms with Crippen molar-refractivity contribution in [2.24, 2.45) is 0 Å². The molecule has 28 heavy (non-hydrogen) atoms. The molecule has 1 saturated heterocycles. The molecule has 0 atom stereocenters. The molecule has 1 aliphatic heterocycles. The van der Waals surface area contributed by atoms with Crippen LogP contribution in [0, 0.1) is 11.3 Å². The van der Waals surface area contributed by atoms with Crippen LogP contribution in [0.5, 0.6) is 0 Å². The lowest BCUT2D eigenvalue weighted by atomic mass is 10.1. The molecule has 1 N–H and O–H groups in total. The predicted octanol–water partition coefficient (Wildman–Crippen LogP) is 3.75. The van der Waals surface area contributed by atoms with Crippen LogP contribution in [0.4, 0.5) is 5.69 Å². The molecule has 3 rings (SSSR count). The second-order valence-corrected chi connectivity index (χ2v) is 7.53. The van der Waals surface area contributed by atoms with E-state index in [4.69, 9.17) is 16.9 Å². The fraction of sp³-hybridized carbons (Fsp3) is 0.364. The van der Waals surface area contributed by atoms with Gasteiger partial charge in [-0.2, -0.15) is 5.26 Å². The molecule has 2 aromatic carbocycles. The lowest BCUT2D eigenvalue weighted by molar-refractivity contribution is -0.116. The van der Waals surface area contributed by atoms with Crippen LogP contribution >= 0.6 is 11.6 Å². The van der Waals surface area contributed by atoms with Crippen LogP contribution in [0.3, 0.4) is 0 Å². The first-order valence-corrected chi connectivity index (χ1v) is 9.99. The number of amides is 1. The standard InChI is InChI=1S/C22H25ClN4O/c23-20-3-1-4-21(15-20)25-22(28)9-12-26-10-2-11-27(14-13-26)17-19-7-5-18(16-24)6-8-19/h1,3-8,15H,2,9-14,17H2,(H,25,28). The van der Waals surface area contributed by atoms with Crippen LogP contribution in [0.25, 0.3) is 0 Å². The van der Waals surface area contributed by atoms with Crippen molar-refractivity contribution in [2.45, 2.75) is 19.4 Å². The van der Waals surface area contributed by atoms with E-state index >= 15 is 0 Å². The number of nitriles is 1. The van der Waals surface area contributed by atoms with Crippen molar-refractivity contribution in [3.05, 3.63) is 64.7 Å². The second kappa shape index (κ2) is 10.2. The van der Waals surface area contributed by atoms with Crippen LogP contribution in [-0.2, 0) is 11.3 Å². The number of halogens is 1. The summed E-state index contributed by atoms with van der Waals surface area (Å²) in [5, 5.41) is 12.4. The molecule has 0 saturated carbocycles. The van der Waals surface area contributed by atoms with Crippen molar-refractivity contribution >= 4 is 23.2 Å². The highest BCUT2D eigenvalue weighted by molar-refractivity contribution is 6.30. The fourth-order valence-electron chi connectivity index (χ4n) is 3.40. The summed E-state index contributed by atoms with van der Waals surface area (Å²) in [5.74, 6) is 0.0148. The smallest absolute Gasteiger partial charge is 0.225 e. The summed E-state index contributed by atoms with van der Waals surface area (Å²) in [4.78, 5) is 17.0. The van der Waals surface area contributed by atoms with Gasteiger partial charge < -0.3 is 10.2 Å². The quantitative estimate of drug-likeness (QED) is 0.807. The molecule has 0 aliphatic carbocycles. The summed E-state index contributed by atoms with van der Waals surface area (Å²) in [6.45, 7) is 5.65. The molecule has 1 aliphatic rings. The maximum atomic E-state index is 12.2. The number of carbonyl (C=O) groups excluding carboxylic acids is 1. The predicted molar refractivity (Wildman–Crippen MR) is 112 cm³/mol. The van der Waals surface area contributed by atoms with Crippen LogP contribution in [0.2, 0.25) is 5.02 Å². The van der Waals surface area contributed by atoms with Gasteiger partial charge in [-0.25, -0.2) is 0 Å². The second-order valence-electron chi connectivity index (χ2n) is 7.09. The van der Waals surface area contributed by atoms with Crippen LogP contribution < -0.4 is 5.32 Å². The third-order valence-electron chi connectivity index (χ3n) is 4.93. The first kappa shape index (κ1) is 20.3. The Morgan fingerprint density at radius 3 is 2.57 bits per heavy atom. The van der Waals surface area contributed by atoms with Crippen molar-refractivity contribution < 1.29 is 4.79 Å². The monoisotopic (exact) mass is 396 g/mol. The molecule has 0 aromatic heterocycles. The average molecular weight is 397 g/mol. The Bertz CT molecular complexity index is 831. The highest BCUT2D eigenvalue weighted by atomic mass is 35.5. The average Bonchev–Trinajstić information content (AvgIpc) is 2.92. The number of hydrogen-bond donors (Lipinski definition) is 1. The van der Waals surface area contributed by atoms with E-state index in [1.165, 1.54) is 5.56 Å². The van der Waals surface area contributed by atoms with E-state index in [2.05, 4.69) is 21.2 Å². The van der Waals surface area contributed by atoms with Gasteiger partial charge in [0.25, 0.3) is 0 Å². The molecule has 2 aromatic rings. The summed E-state index contributed by atoms with van der Waals surface area (Å²) < 4.78 is 0. The zero-order valence-electron chi connectivity index (χ0n) is 15.9. The number of rotatable bonds is 6. The van der Waals surface area contributed by atoms with E-state index in [-0.39, 0.29) is 5.91 Å². The zero-order valence-corrected chi connectivity index (χ0v) is 16.7. The van der Waals surface area contributed by atoms with Crippen molar-refractivity contribution in [1.29, 1.82) is 5.26 Å². The van der Waals surface area contributed by atoms with Gasteiger partial charge in [0.05, 0.1) is 11.6 Å². The van der Waals surface area contributed by atoms with E-state index < -0.39 is 0 Å². The van der Waals surface area contributed by atoms with Crippen molar-refractivity contribution in [3.8, 4) is 6.07 Å². The summed E-state index contributed by atoms with van der Waals surface area (Å²) in [6, 6.07) is 17.2. The number of carbonyl (C=O) groups is 1.